The Kier molecular flexibility index (Phi) is 9.08. The molecule has 2 aromatic carbocycles. The number of rotatable bonds is 10. The highest BCUT2D eigenvalue weighted by Crippen LogP contribution is 2.31. The molecular formula is C33H35N3O6S. The lowest BCUT2D eigenvalue weighted by atomic mass is 9.93. The summed E-state index contributed by atoms with van der Waals surface area (Å²) in [6.45, 7) is 8.48. The van der Waals surface area contributed by atoms with Gasteiger partial charge in [0.15, 0.2) is 4.80 Å². The van der Waals surface area contributed by atoms with Crippen LogP contribution in [0.25, 0.3) is 17.0 Å². The van der Waals surface area contributed by atoms with Crippen molar-refractivity contribution in [1.82, 2.24) is 9.13 Å². The normalized spacial score (nSPS) is 15.1. The molecule has 0 spiro atoms. The fraction of sp³-hybridized carbons (Fsp3) is 0.333. The zero-order chi connectivity index (χ0) is 30.7. The molecule has 10 heteroatoms. The third kappa shape index (κ3) is 6.11. The van der Waals surface area contributed by atoms with E-state index in [0.29, 0.717) is 33.1 Å². The van der Waals surface area contributed by atoms with Crippen molar-refractivity contribution in [2.24, 2.45) is 4.99 Å². The Morgan fingerprint density at radius 1 is 1.07 bits per heavy atom. The van der Waals surface area contributed by atoms with Gasteiger partial charge in [0.2, 0.25) is 0 Å². The van der Waals surface area contributed by atoms with Gasteiger partial charge in [-0.25, -0.2) is 9.79 Å². The molecule has 2 aromatic heterocycles. The van der Waals surface area contributed by atoms with Crippen molar-refractivity contribution < 1.29 is 23.8 Å². The summed E-state index contributed by atoms with van der Waals surface area (Å²) in [5.74, 6) is -0.539. The predicted octanol–water partition coefficient (Wildman–Crippen LogP) is 4.07. The number of allylic oxidation sites excluding steroid dienone is 1. The minimum atomic E-state index is -0.709. The number of hydrogen-bond donors (Lipinski definition) is 0. The van der Waals surface area contributed by atoms with Crippen LogP contribution in [0.1, 0.15) is 56.3 Å². The molecule has 5 rings (SSSR count). The first-order valence-electron chi connectivity index (χ1n) is 14.2. The topological polar surface area (TPSA) is 101 Å². The highest BCUT2D eigenvalue weighted by molar-refractivity contribution is 7.07. The van der Waals surface area contributed by atoms with Gasteiger partial charge in [-0.05, 0) is 43.0 Å². The number of carbonyl (C=O) groups is 2. The average Bonchev–Trinajstić information content (AvgIpc) is 3.48. The van der Waals surface area contributed by atoms with E-state index in [1.54, 1.807) is 18.4 Å². The fourth-order valence-electron chi connectivity index (χ4n) is 5.26. The number of carbonyl (C=O) groups excluding carboxylic acids is 2. The van der Waals surface area contributed by atoms with Crippen LogP contribution >= 0.6 is 11.3 Å². The summed E-state index contributed by atoms with van der Waals surface area (Å²) < 4.78 is 19.6. The van der Waals surface area contributed by atoms with Crippen LogP contribution in [0.3, 0.4) is 0 Å². The average molecular weight is 602 g/mol. The minimum absolute atomic E-state index is 0.0591. The van der Waals surface area contributed by atoms with Gasteiger partial charge in [0.25, 0.3) is 5.56 Å². The highest BCUT2D eigenvalue weighted by Gasteiger charge is 2.33. The lowest BCUT2D eigenvalue weighted by Crippen LogP contribution is -2.40. The van der Waals surface area contributed by atoms with E-state index in [2.05, 4.69) is 13.8 Å². The van der Waals surface area contributed by atoms with E-state index >= 15 is 0 Å². The number of thiazole rings is 1. The highest BCUT2D eigenvalue weighted by atomic mass is 32.1. The quantitative estimate of drug-likeness (QED) is 0.201. The van der Waals surface area contributed by atoms with Crippen molar-refractivity contribution in [1.29, 1.82) is 0 Å². The van der Waals surface area contributed by atoms with Gasteiger partial charge in [-0.15, -0.1) is 0 Å². The Bertz CT molecular complexity index is 1880. The van der Waals surface area contributed by atoms with Crippen molar-refractivity contribution in [3.05, 3.63) is 102 Å². The summed E-state index contributed by atoms with van der Waals surface area (Å²) >= 11 is 1.26. The van der Waals surface area contributed by atoms with E-state index in [9.17, 15) is 14.4 Å². The number of nitrogens with zero attached hydrogens (tertiary/aromatic N) is 3. The molecular weight excluding hydrogens is 566 g/mol. The lowest BCUT2D eigenvalue weighted by Gasteiger charge is -2.25. The fourth-order valence-corrected chi connectivity index (χ4v) is 6.30. The number of methoxy groups -OCH3 is 1. The molecule has 0 fully saturated rings. The second kappa shape index (κ2) is 12.9. The van der Waals surface area contributed by atoms with Crippen LogP contribution in [0.2, 0.25) is 0 Å². The van der Waals surface area contributed by atoms with Gasteiger partial charge in [0, 0.05) is 29.8 Å². The molecule has 9 nitrogen and oxygen atoms in total. The minimum Gasteiger partial charge on any atom is -0.465 e. The monoisotopic (exact) mass is 601 g/mol. The summed E-state index contributed by atoms with van der Waals surface area (Å²) in [4.78, 5) is 45.0. The number of hydrogen-bond acceptors (Lipinski definition) is 8. The number of fused-ring (bicyclic) bond motifs is 2. The van der Waals surface area contributed by atoms with Crippen molar-refractivity contribution in [2.45, 2.75) is 46.2 Å². The number of esters is 2. The van der Waals surface area contributed by atoms with Gasteiger partial charge in [-0.3, -0.25) is 14.2 Å². The second-order valence-electron chi connectivity index (χ2n) is 10.6. The number of benzene rings is 2. The molecule has 3 heterocycles. The van der Waals surface area contributed by atoms with E-state index in [1.807, 2.05) is 65.4 Å². The predicted molar refractivity (Wildman–Crippen MR) is 166 cm³/mol. The summed E-state index contributed by atoms with van der Waals surface area (Å²) in [6, 6.07) is 15.0. The molecule has 1 aliphatic heterocycles. The van der Waals surface area contributed by atoms with Crippen LogP contribution in [0.5, 0.6) is 0 Å². The SMILES string of the molecule is CCOC(=O)Cn1cc(C=c2sc3n(c2=O)C(c2ccc(C(C)C)cc2)C(C(=O)OCCOC)=C(C)N=3)c2ccccc21. The third-order valence-electron chi connectivity index (χ3n) is 7.39. The van der Waals surface area contributed by atoms with Gasteiger partial charge >= 0.3 is 11.9 Å². The molecule has 0 radical (unpaired) electrons. The van der Waals surface area contributed by atoms with E-state index in [-0.39, 0.29) is 31.3 Å². The molecule has 1 atom stereocenters. The van der Waals surface area contributed by atoms with Crippen molar-refractivity contribution in [3.63, 3.8) is 0 Å². The molecule has 0 amide bonds. The first kappa shape index (κ1) is 30.2. The Labute approximate surface area is 253 Å². The Morgan fingerprint density at radius 3 is 2.51 bits per heavy atom. The molecule has 1 unspecified atom stereocenters. The molecule has 0 N–H and O–H groups in total. The van der Waals surface area contributed by atoms with Crippen molar-refractivity contribution >= 4 is 40.3 Å². The zero-order valence-electron chi connectivity index (χ0n) is 25.0. The van der Waals surface area contributed by atoms with Gasteiger partial charge in [0.05, 0.1) is 35.1 Å². The second-order valence-corrected chi connectivity index (χ2v) is 11.6. The maximum Gasteiger partial charge on any atom is 0.338 e. The zero-order valence-corrected chi connectivity index (χ0v) is 25.8. The van der Waals surface area contributed by atoms with Gasteiger partial charge in [-0.2, -0.15) is 0 Å². The van der Waals surface area contributed by atoms with Gasteiger partial charge in [0.1, 0.15) is 13.2 Å². The number of para-hydroxylation sites is 1. The first-order valence-corrected chi connectivity index (χ1v) is 15.1. The third-order valence-corrected chi connectivity index (χ3v) is 8.37. The molecule has 0 bridgehead atoms. The summed E-state index contributed by atoms with van der Waals surface area (Å²) in [6.07, 6.45) is 3.68. The van der Waals surface area contributed by atoms with Crippen molar-refractivity contribution in [3.8, 4) is 0 Å². The molecule has 1 aliphatic rings. The van der Waals surface area contributed by atoms with Crippen molar-refractivity contribution in [2.75, 3.05) is 26.9 Å². The van der Waals surface area contributed by atoms with Crippen LogP contribution in [0.4, 0.5) is 0 Å². The molecule has 0 aliphatic carbocycles. The van der Waals surface area contributed by atoms with Crippen LogP contribution < -0.4 is 14.9 Å². The van der Waals surface area contributed by atoms with Crippen LogP contribution in [0, 0.1) is 0 Å². The van der Waals surface area contributed by atoms with E-state index in [0.717, 1.165) is 27.6 Å². The Morgan fingerprint density at radius 2 is 1.81 bits per heavy atom. The summed E-state index contributed by atoms with van der Waals surface area (Å²) in [7, 11) is 1.54. The molecule has 4 aromatic rings. The van der Waals surface area contributed by atoms with Crippen LogP contribution in [-0.2, 0) is 30.3 Å². The van der Waals surface area contributed by atoms with E-state index < -0.39 is 12.0 Å². The Hall–Kier alpha value is -4.28. The van der Waals surface area contributed by atoms with Gasteiger partial charge < -0.3 is 18.8 Å². The van der Waals surface area contributed by atoms with Crippen LogP contribution in [-0.4, -0.2) is 48.0 Å². The lowest BCUT2D eigenvalue weighted by molar-refractivity contribution is -0.144. The maximum atomic E-state index is 14.1. The molecule has 0 saturated carbocycles. The smallest absolute Gasteiger partial charge is 0.338 e. The summed E-state index contributed by atoms with van der Waals surface area (Å²) in [5.41, 5.74) is 4.14. The van der Waals surface area contributed by atoms with E-state index in [1.165, 1.54) is 18.4 Å². The Balaban J connectivity index is 1.65. The number of aromatic nitrogens is 2. The molecule has 43 heavy (non-hydrogen) atoms. The maximum absolute atomic E-state index is 14.1. The standard InChI is InChI=1S/C33H35N3O6S/c1-6-41-28(37)19-35-18-24(25-9-7-8-10-26(25)35)17-27-31(38)36-30(23-13-11-22(12-14-23)20(2)3)29(21(4)34-33(36)43-27)32(39)42-16-15-40-5/h7-14,17-18,20,30H,6,15-16,19H2,1-5H3. The molecule has 224 valence electrons. The summed E-state index contributed by atoms with van der Waals surface area (Å²) in [5, 5.41) is 0.900. The van der Waals surface area contributed by atoms with Gasteiger partial charge in [-0.1, -0.05) is 67.6 Å². The first-order chi connectivity index (χ1) is 20.7. The number of ether oxygens (including phenoxy) is 3. The van der Waals surface area contributed by atoms with E-state index in [4.69, 9.17) is 19.2 Å². The van der Waals surface area contributed by atoms with Crippen LogP contribution in [0.15, 0.2) is 75.8 Å². The largest absolute Gasteiger partial charge is 0.465 e. The molecule has 0 saturated heterocycles.